The first-order chi connectivity index (χ1) is 7.70. The normalized spacial score (nSPS) is 17.9. The van der Waals surface area contributed by atoms with E-state index in [-0.39, 0.29) is 0 Å². The number of methoxy groups -OCH3 is 1. The van der Waals surface area contributed by atoms with Gasteiger partial charge in [0.1, 0.15) is 5.75 Å². The van der Waals surface area contributed by atoms with E-state index in [1.54, 1.807) is 7.11 Å². The fourth-order valence-electron chi connectivity index (χ4n) is 2.36. The molecule has 0 aromatic heterocycles. The molecule has 2 N–H and O–H groups in total. The molecule has 1 aliphatic rings. The molecule has 1 aliphatic carbocycles. The van der Waals surface area contributed by atoms with Crippen LogP contribution >= 0.6 is 0 Å². The Morgan fingerprint density at radius 2 is 2.19 bits per heavy atom. The molecular weight excluding hydrogens is 198 g/mol. The monoisotopic (exact) mass is 219 g/mol. The highest BCUT2D eigenvalue weighted by molar-refractivity contribution is 5.37. The summed E-state index contributed by atoms with van der Waals surface area (Å²) in [4.78, 5) is 0. The van der Waals surface area contributed by atoms with E-state index in [0.717, 1.165) is 18.1 Å². The second-order valence-electron chi connectivity index (χ2n) is 4.87. The first-order valence-electron chi connectivity index (χ1n) is 6.10. The quantitative estimate of drug-likeness (QED) is 0.845. The Morgan fingerprint density at radius 3 is 2.75 bits per heavy atom. The molecule has 0 aliphatic heterocycles. The molecule has 0 amide bonds. The molecule has 2 nitrogen and oxygen atoms in total. The highest BCUT2D eigenvalue weighted by Crippen LogP contribution is 2.31. The number of hydrogen-bond donors (Lipinski definition) is 1. The molecule has 0 saturated heterocycles. The number of aryl methyl sites for hydroxylation is 1. The van der Waals surface area contributed by atoms with Crippen LogP contribution in [0.25, 0.3) is 0 Å². The Balaban J connectivity index is 2.09. The summed E-state index contributed by atoms with van der Waals surface area (Å²) < 4.78 is 5.38. The van der Waals surface area contributed by atoms with E-state index in [0.29, 0.717) is 6.04 Å². The molecular formula is C14H21NO. The molecule has 1 aromatic rings. The van der Waals surface area contributed by atoms with Gasteiger partial charge < -0.3 is 10.5 Å². The van der Waals surface area contributed by atoms with E-state index in [4.69, 9.17) is 10.5 Å². The maximum atomic E-state index is 6.23. The smallest absolute Gasteiger partial charge is 0.122 e. The van der Waals surface area contributed by atoms with Gasteiger partial charge in [-0.25, -0.2) is 0 Å². The lowest BCUT2D eigenvalue weighted by atomic mass is 9.78. The number of rotatable bonds is 4. The van der Waals surface area contributed by atoms with Crippen molar-refractivity contribution in [2.24, 2.45) is 11.7 Å². The summed E-state index contributed by atoms with van der Waals surface area (Å²) in [7, 11) is 1.73. The van der Waals surface area contributed by atoms with Crippen LogP contribution in [0.4, 0.5) is 0 Å². The molecule has 1 atom stereocenters. The Kier molecular flexibility index (Phi) is 3.49. The molecule has 1 fully saturated rings. The van der Waals surface area contributed by atoms with Crippen LogP contribution < -0.4 is 10.5 Å². The third-order valence-corrected chi connectivity index (χ3v) is 3.65. The van der Waals surface area contributed by atoms with Crippen LogP contribution in [0.15, 0.2) is 18.2 Å². The average molecular weight is 219 g/mol. The minimum atomic E-state index is 0.296. The minimum absolute atomic E-state index is 0.296. The Labute approximate surface area is 97.8 Å². The molecule has 1 saturated carbocycles. The number of ether oxygens (including phenoxy) is 1. The SMILES string of the molecule is COc1ccc(C)cc1CC(N)C1CCC1. The van der Waals surface area contributed by atoms with E-state index in [2.05, 4.69) is 19.1 Å². The topological polar surface area (TPSA) is 35.2 Å². The zero-order valence-electron chi connectivity index (χ0n) is 10.2. The lowest BCUT2D eigenvalue weighted by Crippen LogP contribution is -2.36. The minimum Gasteiger partial charge on any atom is -0.496 e. The van der Waals surface area contributed by atoms with Crippen molar-refractivity contribution in [3.63, 3.8) is 0 Å². The second-order valence-corrected chi connectivity index (χ2v) is 4.87. The lowest BCUT2D eigenvalue weighted by molar-refractivity contribution is 0.259. The Morgan fingerprint density at radius 1 is 1.44 bits per heavy atom. The molecule has 0 radical (unpaired) electrons. The first kappa shape index (κ1) is 11.5. The van der Waals surface area contributed by atoms with Gasteiger partial charge in [-0.05, 0) is 43.7 Å². The van der Waals surface area contributed by atoms with Crippen LogP contribution in [0.3, 0.4) is 0 Å². The first-order valence-corrected chi connectivity index (χ1v) is 6.10. The highest BCUT2D eigenvalue weighted by atomic mass is 16.5. The van der Waals surface area contributed by atoms with Gasteiger partial charge in [-0.3, -0.25) is 0 Å². The van der Waals surface area contributed by atoms with Gasteiger partial charge in [-0.2, -0.15) is 0 Å². The van der Waals surface area contributed by atoms with Gasteiger partial charge in [-0.15, -0.1) is 0 Å². The van der Waals surface area contributed by atoms with E-state index in [1.807, 2.05) is 6.07 Å². The summed E-state index contributed by atoms with van der Waals surface area (Å²) in [5.74, 6) is 1.70. The molecule has 0 spiro atoms. The van der Waals surface area contributed by atoms with Gasteiger partial charge in [0.05, 0.1) is 7.11 Å². The van der Waals surface area contributed by atoms with E-state index in [1.165, 1.54) is 30.4 Å². The fourth-order valence-corrected chi connectivity index (χ4v) is 2.36. The summed E-state index contributed by atoms with van der Waals surface area (Å²) in [5.41, 5.74) is 8.76. The number of nitrogens with two attached hydrogens (primary N) is 1. The van der Waals surface area contributed by atoms with E-state index in [9.17, 15) is 0 Å². The zero-order valence-corrected chi connectivity index (χ0v) is 10.2. The summed E-state index contributed by atoms with van der Waals surface area (Å²) >= 11 is 0. The van der Waals surface area contributed by atoms with Crippen LogP contribution in [0, 0.1) is 12.8 Å². The fraction of sp³-hybridized carbons (Fsp3) is 0.571. The van der Waals surface area contributed by atoms with Crippen molar-refractivity contribution in [3.05, 3.63) is 29.3 Å². The van der Waals surface area contributed by atoms with Crippen LogP contribution in [-0.2, 0) is 6.42 Å². The Hall–Kier alpha value is -1.02. The van der Waals surface area contributed by atoms with Crippen molar-refractivity contribution in [3.8, 4) is 5.75 Å². The van der Waals surface area contributed by atoms with Crippen LogP contribution in [0.2, 0.25) is 0 Å². The number of benzene rings is 1. The average Bonchev–Trinajstić information content (AvgIpc) is 2.15. The maximum Gasteiger partial charge on any atom is 0.122 e. The molecule has 1 aromatic carbocycles. The van der Waals surface area contributed by atoms with Crippen molar-refractivity contribution in [1.29, 1.82) is 0 Å². The molecule has 1 unspecified atom stereocenters. The van der Waals surface area contributed by atoms with E-state index < -0.39 is 0 Å². The van der Waals surface area contributed by atoms with Crippen LogP contribution in [0.5, 0.6) is 5.75 Å². The lowest BCUT2D eigenvalue weighted by Gasteiger charge is -2.31. The standard InChI is InChI=1S/C14H21NO/c1-10-6-7-14(16-2)12(8-10)9-13(15)11-4-3-5-11/h6-8,11,13H,3-5,9,15H2,1-2H3. The largest absolute Gasteiger partial charge is 0.496 e. The zero-order chi connectivity index (χ0) is 11.5. The van der Waals surface area contributed by atoms with Gasteiger partial charge in [0.15, 0.2) is 0 Å². The van der Waals surface area contributed by atoms with Gasteiger partial charge in [-0.1, -0.05) is 24.1 Å². The second kappa shape index (κ2) is 4.88. The van der Waals surface area contributed by atoms with Crippen molar-refractivity contribution in [2.75, 3.05) is 7.11 Å². The molecule has 2 heteroatoms. The number of hydrogen-bond acceptors (Lipinski definition) is 2. The molecule has 88 valence electrons. The van der Waals surface area contributed by atoms with Crippen LogP contribution in [0.1, 0.15) is 30.4 Å². The molecule has 2 rings (SSSR count). The van der Waals surface area contributed by atoms with E-state index >= 15 is 0 Å². The van der Waals surface area contributed by atoms with Crippen molar-refractivity contribution < 1.29 is 4.74 Å². The van der Waals surface area contributed by atoms with Crippen LogP contribution in [-0.4, -0.2) is 13.2 Å². The summed E-state index contributed by atoms with van der Waals surface area (Å²) in [6.45, 7) is 2.11. The third kappa shape index (κ3) is 2.38. The third-order valence-electron chi connectivity index (χ3n) is 3.65. The predicted octanol–water partition coefficient (Wildman–Crippen LogP) is 2.67. The molecule has 16 heavy (non-hydrogen) atoms. The van der Waals surface area contributed by atoms with Crippen molar-refractivity contribution >= 4 is 0 Å². The highest BCUT2D eigenvalue weighted by Gasteiger charge is 2.25. The maximum absolute atomic E-state index is 6.23. The van der Waals surface area contributed by atoms with Crippen molar-refractivity contribution in [1.82, 2.24) is 0 Å². The molecule has 0 bridgehead atoms. The predicted molar refractivity (Wildman–Crippen MR) is 66.8 cm³/mol. The van der Waals surface area contributed by atoms with Gasteiger partial charge in [0, 0.05) is 6.04 Å². The summed E-state index contributed by atoms with van der Waals surface area (Å²) in [6, 6.07) is 6.61. The van der Waals surface area contributed by atoms with Crippen molar-refractivity contribution in [2.45, 2.75) is 38.6 Å². The molecule has 0 heterocycles. The Bertz CT molecular complexity index is 358. The summed E-state index contributed by atoms with van der Waals surface area (Å²) in [5, 5.41) is 0. The van der Waals surface area contributed by atoms with Gasteiger partial charge in [0.2, 0.25) is 0 Å². The summed E-state index contributed by atoms with van der Waals surface area (Å²) in [6.07, 6.45) is 4.89. The van der Waals surface area contributed by atoms with Gasteiger partial charge >= 0.3 is 0 Å². The van der Waals surface area contributed by atoms with Gasteiger partial charge in [0.25, 0.3) is 0 Å².